The van der Waals surface area contributed by atoms with Gasteiger partial charge in [-0.3, -0.25) is 9.59 Å². The van der Waals surface area contributed by atoms with E-state index in [-0.39, 0.29) is 11.9 Å². The molecule has 0 aromatic heterocycles. The monoisotopic (exact) mass is 310 g/mol. The summed E-state index contributed by atoms with van der Waals surface area (Å²) in [5.41, 5.74) is 3.38. The van der Waals surface area contributed by atoms with Gasteiger partial charge in [-0.25, -0.2) is 5.43 Å². The Hall–Kier alpha value is -1.88. The van der Waals surface area contributed by atoms with Gasteiger partial charge < -0.3 is 4.74 Å². The number of rotatable bonds is 6. The summed E-state index contributed by atoms with van der Waals surface area (Å²) in [5.74, 6) is -1.14. The molecule has 1 aromatic carbocycles. The van der Waals surface area contributed by atoms with Gasteiger partial charge in [0, 0.05) is 16.3 Å². The molecule has 1 atom stereocenters. The number of nitrogens with zero attached hydrogens (tertiary/aromatic N) is 1. The molecule has 0 aliphatic rings. The van der Waals surface area contributed by atoms with Crippen LogP contribution in [0.2, 0.25) is 5.02 Å². The normalized spacial score (nSPS) is 12.7. The molecule has 21 heavy (non-hydrogen) atoms. The third-order valence-electron chi connectivity index (χ3n) is 2.92. The molecule has 1 N–H and O–H groups in total. The molecule has 0 fully saturated rings. The molecule has 0 bridgehead atoms. The minimum Gasteiger partial charge on any atom is -0.465 e. The van der Waals surface area contributed by atoms with Crippen LogP contribution < -0.4 is 5.43 Å². The minimum atomic E-state index is -0.449. The van der Waals surface area contributed by atoms with Crippen LogP contribution in [-0.2, 0) is 9.53 Å². The van der Waals surface area contributed by atoms with Crippen molar-refractivity contribution in [3.05, 3.63) is 34.9 Å². The lowest BCUT2D eigenvalue weighted by Gasteiger charge is -2.13. The quantitative estimate of drug-likeness (QED) is 0.499. The Kier molecular flexibility index (Phi) is 6.88. The minimum absolute atomic E-state index is 0.319. The van der Waals surface area contributed by atoms with Crippen LogP contribution in [-0.4, -0.2) is 24.2 Å². The van der Waals surface area contributed by atoms with Gasteiger partial charge in [0.05, 0.1) is 12.5 Å². The summed E-state index contributed by atoms with van der Waals surface area (Å²) in [6.07, 6.45) is 0.560. The fraction of sp³-hybridized carbons (Fsp3) is 0.400. The first-order chi connectivity index (χ1) is 9.99. The number of hydrogen-bond acceptors (Lipinski definition) is 4. The molecule has 6 heteroatoms. The highest BCUT2D eigenvalue weighted by Gasteiger charge is 2.21. The smallest absolute Gasteiger partial charge is 0.314 e. The van der Waals surface area contributed by atoms with Crippen LogP contribution in [0.3, 0.4) is 0 Å². The largest absolute Gasteiger partial charge is 0.465 e. The van der Waals surface area contributed by atoms with E-state index in [4.69, 9.17) is 16.3 Å². The second-order valence-electron chi connectivity index (χ2n) is 4.41. The summed E-state index contributed by atoms with van der Waals surface area (Å²) < 4.78 is 4.97. The predicted octanol–water partition coefficient (Wildman–Crippen LogP) is 3.04. The van der Waals surface area contributed by atoms with E-state index in [1.165, 1.54) is 0 Å². The van der Waals surface area contributed by atoms with Crippen molar-refractivity contribution in [3.63, 3.8) is 0 Å². The summed E-state index contributed by atoms with van der Waals surface area (Å²) >= 11 is 5.76. The average Bonchev–Trinajstić information content (AvgIpc) is 2.46. The Morgan fingerprint density at radius 3 is 2.43 bits per heavy atom. The zero-order valence-corrected chi connectivity index (χ0v) is 13.1. The Balaban J connectivity index is 2.71. The second-order valence-corrected chi connectivity index (χ2v) is 4.85. The Morgan fingerprint density at radius 1 is 1.29 bits per heavy atom. The molecule has 0 aliphatic heterocycles. The van der Waals surface area contributed by atoms with Crippen molar-refractivity contribution >= 4 is 29.2 Å². The molecule has 0 heterocycles. The molecule has 114 valence electrons. The molecule has 0 unspecified atom stereocenters. The number of hydrogen-bond donors (Lipinski definition) is 1. The Bertz CT molecular complexity index is 526. The highest BCUT2D eigenvalue weighted by Crippen LogP contribution is 2.10. The third kappa shape index (κ3) is 5.19. The van der Waals surface area contributed by atoms with Crippen molar-refractivity contribution in [1.29, 1.82) is 0 Å². The Morgan fingerprint density at radius 2 is 1.90 bits per heavy atom. The zero-order valence-electron chi connectivity index (χ0n) is 12.4. The van der Waals surface area contributed by atoms with Crippen LogP contribution in [0.1, 0.15) is 37.6 Å². The van der Waals surface area contributed by atoms with E-state index < -0.39 is 5.92 Å². The lowest BCUT2D eigenvalue weighted by Crippen LogP contribution is -2.27. The number of halogens is 1. The molecule has 0 aliphatic carbocycles. The van der Waals surface area contributed by atoms with Gasteiger partial charge in [0.15, 0.2) is 0 Å². The number of ether oxygens (including phenoxy) is 1. The fourth-order valence-corrected chi connectivity index (χ4v) is 1.88. The molecule has 0 saturated carbocycles. The van der Waals surface area contributed by atoms with Gasteiger partial charge in [-0.2, -0.15) is 5.10 Å². The number of esters is 1. The SMILES string of the molecule is CCOC(=O)[C@@H](CC)/C(C)=N\NC(=O)c1ccc(Cl)cc1. The number of nitrogens with one attached hydrogen (secondary N) is 1. The van der Waals surface area contributed by atoms with Gasteiger partial charge in [-0.1, -0.05) is 18.5 Å². The molecule has 0 saturated heterocycles. The predicted molar refractivity (Wildman–Crippen MR) is 82.4 cm³/mol. The molecular weight excluding hydrogens is 292 g/mol. The van der Waals surface area contributed by atoms with E-state index in [2.05, 4.69) is 10.5 Å². The van der Waals surface area contributed by atoms with Crippen molar-refractivity contribution in [1.82, 2.24) is 5.43 Å². The van der Waals surface area contributed by atoms with Crippen LogP contribution in [0.25, 0.3) is 0 Å². The molecule has 0 spiro atoms. The van der Waals surface area contributed by atoms with Gasteiger partial charge in [0.1, 0.15) is 0 Å². The third-order valence-corrected chi connectivity index (χ3v) is 3.18. The van der Waals surface area contributed by atoms with E-state index >= 15 is 0 Å². The second kappa shape index (κ2) is 8.42. The first-order valence-corrected chi connectivity index (χ1v) is 7.14. The first-order valence-electron chi connectivity index (χ1n) is 6.76. The average molecular weight is 311 g/mol. The van der Waals surface area contributed by atoms with Crippen molar-refractivity contribution in [2.24, 2.45) is 11.0 Å². The van der Waals surface area contributed by atoms with Crippen molar-refractivity contribution in [3.8, 4) is 0 Å². The highest BCUT2D eigenvalue weighted by molar-refractivity contribution is 6.30. The molecule has 1 amide bonds. The van der Waals surface area contributed by atoms with Crippen LogP contribution in [0.15, 0.2) is 29.4 Å². The summed E-state index contributed by atoms with van der Waals surface area (Å²) in [6.45, 7) is 5.62. The van der Waals surface area contributed by atoms with E-state index in [1.54, 1.807) is 38.1 Å². The van der Waals surface area contributed by atoms with Gasteiger partial charge in [-0.05, 0) is 44.5 Å². The lowest BCUT2D eigenvalue weighted by atomic mass is 10.0. The van der Waals surface area contributed by atoms with Gasteiger partial charge in [-0.15, -0.1) is 0 Å². The molecule has 5 nitrogen and oxygen atoms in total. The van der Waals surface area contributed by atoms with Gasteiger partial charge in [0.2, 0.25) is 0 Å². The van der Waals surface area contributed by atoms with Gasteiger partial charge >= 0.3 is 5.97 Å². The maximum Gasteiger partial charge on any atom is 0.314 e. The molecular formula is C15H19ClN2O3. The van der Waals surface area contributed by atoms with E-state index in [0.29, 0.717) is 29.3 Å². The summed E-state index contributed by atoms with van der Waals surface area (Å²) in [6, 6.07) is 6.46. The summed E-state index contributed by atoms with van der Waals surface area (Å²) in [4.78, 5) is 23.6. The lowest BCUT2D eigenvalue weighted by molar-refractivity contribution is -0.145. The Labute approximate surface area is 129 Å². The zero-order chi connectivity index (χ0) is 15.8. The number of carbonyl (C=O) groups excluding carboxylic acids is 2. The molecule has 1 aromatic rings. The van der Waals surface area contributed by atoms with E-state index in [1.807, 2.05) is 6.92 Å². The number of benzene rings is 1. The number of amides is 1. The maximum absolute atomic E-state index is 11.9. The van der Waals surface area contributed by atoms with Crippen LogP contribution in [0.5, 0.6) is 0 Å². The van der Waals surface area contributed by atoms with Gasteiger partial charge in [0.25, 0.3) is 5.91 Å². The highest BCUT2D eigenvalue weighted by atomic mass is 35.5. The van der Waals surface area contributed by atoms with Crippen molar-refractivity contribution in [2.45, 2.75) is 27.2 Å². The molecule has 1 rings (SSSR count). The fourth-order valence-electron chi connectivity index (χ4n) is 1.76. The van der Waals surface area contributed by atoms with Crippen LogP contribution >= 0.6 is 11.6 Å². The van der Waals surface area contributed by atoms with Crippen molar-refractivity contribution in [2.75, 3.05) is 6.61 Å². The van der Waals surface area contributed by atoms with Crippen molar-refractivity contribution < 1.29 is 14.3 Å². The standard InChI is InChI=1S/C15H19ClN2O3/c1-4-13(15(20)21-5-2)10(3)17-18-14(19)11-6-8-12(16)9-7-11/h6-9,13H,4-5H2,1-3H3,(H,18,19)/b17-10-/t13-/m0/s1. The summed E-state index contributed by atoms with van der Waals surface area (Å²) in [5, 5.41) is 4.54. The van der Waals surface area contributed by atoms with E-state index in [0.717, 1.165) is 0 Å². The molecule has 0 radical (unpaired) electrons. The van der Waals surface area contributed by atoms with Crippen LogP contribution in [0.4, 0.5) is 0 Å². The van der Waals surface area contributed by atoms with Crippen LogP contribution in [0, 0.1) is 5.92 Å². The summed E-state index contributed by atoms with van der Waals surface area (Å²) in [7, 11) is 0. The topological polar surface area (TPSA) is 67.8 Å². The number of hydrazone groups is 1. The maximum atomic E-state index is 11.9. The first kappa shape index (κ1) is 17.2. The van der Waals surface area contributed by atoms with E-state index in [9.17, 15) is 9.59 Å². The number of carbonyl (C=O) groups is 2.